The predicted octanol–water partition coefficient (Wildman–Crippen LogP) is 3.14. The van der Waals surface area contributed by atoms with Gasteiger partial charge in [0.1, 0.15) is 0 Å². The average molecular weight is 447 g/mol. The molecule has 0 bridgehead atoms. The number of hydrogen-bond donors (Lipinski definition) is 1. The number of nitrogens with zero attached hydrogens (tertiary/aromatic N) is 4. The monoisotopic (exact) mass is 447 g/mol. The van der Waals surface area contributed by atoms with Crippen LogP contribution in [0, 0.1) is 25.7 Å². The Morgan fingerprint density at radius 3 is 2.62 bits per heavy atom. The summed E-state index contributed by atoms with van der Waals surface area (Å²) >= 11 is 0. The Morgan fingerprint density at radius 2 is 2.08 bits per heavy atom. The number of likely N-dealkylation sites (tertiary alicyclic amines) is 1. The molecule has 0 aliphatic carbocycles. The van der Waals surface area contributed by atoms with Crippen LogP contribution in [0.5, 0.6) is 0 Å². The minimum Gasteiger partial charge on any atom is -0.356 e. The minimum atomic E-state index is 0. The average Bonchev–Trinajstić information content (AvgIpc) is 3.02. The van der Waals surface area contributed by atoms with Crippen LogP contribution >= 0.6 is 24.0 Å². The second-order valence-electron chi connectivity index (χ2n) is 7.23. The number of aromatic nitrogens is 2. The van der Waals surface area contributed by atoms with Crippen LogP contribution in [0.15, 0.2) is 4.99 Å². The van der Waals surface area contributed by atoms with E-state index in [0.29, 0.717) is 0 Å². The highest BCUT2D eigenvalue weighted by Gasteiger charge is 2.25. The summed E-state index contributed by atoms with van der Waals surface area (Å²) in [5.74, 6) is 2.65. The van der Waals surface area contributed by atoms with Gasteiger partial charge in [-0.2, -0.15) is 5.10 Å². The highest BCUT2D eigenvalue weighted by Crippen LogP contribution is 2.23. The van der Waals surface area contributed by atoms with E-state index in [4.69, 9.17) is 0 Å². The number of aryl methyl sites for hydroxylation is 2. The molecule has 1 aliphatic rings. The molecule has 24 heavy (non-hydrogen) atoms. The first-order valence-corrected chi connectivity index (χ1v) is 8.87. The van der Waals surface area contributed by atoms with Gasteiger partial charge < -0.3 is 10.2 Å². The highest BCUT2D eigenvalue weighted by molar-refractivity contribution is 14.0. The Kier molecular flexibility index (Phi) is 8.53. The summed E-state index contributed by atoms with van der Waals surface area (Å²) in [5.41, 5.74) is 3.76. The second kappa shape index (κ2) is 9.63. The van der Waals surface area contributed by atoms with E-state index in [0.717, 1.165) is 49.5 Å². The van der Waals surface area contributed by atoms with Crippen molar-refractivity contribution >= 4 is 29.9 Å². The van der Waals surface area contributed by atoms with Crippen LogP contribution in [-0.4, -0.2) is 47.3 Å². The molecule has 1 aliphatic heterocycles. The molecule has 0 radical (unpaired) electrons. The van der Waals surface area contributed by atoms with Gasteiger partial charge >= 0.3 is 0 Å². The zero-order valence-corrected chi connectivity index (χ0v) is 18.4. The lowest BCUT2D eigenvalue weighted by atomic mass is 9.97. The van der Waals surface area contributed by atoms with E-state index in [1.807, 2.05) is 18.8 Å². The van der Waals surface area contributed by atoms with Crippen LogP contribution in [0.2, 0.25) is 0 Å². The molecule has 5 nitrogen and oxygen atoms in total. The van der Waals surface area contributed by atoms with Crippen LogP contribution < -0.4 is 5.32 Å². The van der Waals surface area contributed by atoms with E-state index in [2.05, 4.69) is 48.0 Å². The maximum atomic E-state index is 4.49. The molecule has 0 aromatic carbocycles. The maximum absolute atomic E-state index is 4.49. The predicted molar refractivity (Wildman–Crippen MR) is 112 cm³/mol. The fraction of sp³-hybridized carbons (Fsp3) is 0.778. The molecular weight excluding hydrogens is 413 g/mol. The molecule has 2 rings (SSSR count). The zero-order chi connectivity index (χ0) is 17.0. The Bertz CT molecular complexity index is 550. The Hall–Kier alpha value is -0.790. The number of halogens is 1. The molecule has 1 atom stereocenters. The van der Waals surface area contributed by atoms with Gasteiger partial charge in [0.15, 0.2) is 5.96 Å². The Morgan fingerprint density at radius 1 is 1.38 bits per heavy atom. The third-order valence-corrected chi connectivity index (χ3v) is 4.92. The van der Waals surface area contributed by atoms with Gasteiger partial charge in [0, 0.05) is 39.4 Å². The van der Waals surface area contributed by atoms with Gasteiger partial charge in [0.2, 0.25) is 0 Å². The SMILES string of the molecule is CN=C(NCCc1c(C)nn(C)c1C)N1CCC(CC(C)C)C1.I. The van der Waals surface area contributed by atoms with E-state index in [1.165, 1.54) is 24.1 Å². The van der Waals surface area contributed by atoms with Crippen molar-refractivity contribution in [3.8, 4) is 0 Å². The first kappa shape index (κ1) is 21.3. The smallest absolute Gasteiger partial charge is 0.193 e. The lowest BCUT2D eigenvalue weighted by Crippen LogP contribution is -2.41. The number of guanidine groups is 1. The van der Waals surface area contributed by atoms with Gasteiger partial charge in [-0.05, 0) is 50.5 Å². The summed E-state index contributed by atoms with van der Waals surface area (Å²) in [6.07, 6.45) is 3.61. The lowest BCUT2D eigenvalue weighted by molar-refractivity contribution is 0.404. The van der Waals surface area contributed by atoms with Gasteiger partial charge in [-0.15, -0.1) is 24.0 Å². The highest BCUT2D eigenvalue weighted by atomic mass is 127. The number of aliphatic imine (C=N–C) groups is 1. The van der Waals surface area contributed by atoms with E-state index in [9.17, 15) is 0 Å². The van der Waals surface area contributed by atoms with Crippen LogP contribution in [0.3, 0.4) is 0 Å². The number of hydrogen-bond acceptors (Lipinski definition) is 2. The molecule has 138 valence electrons. The van der Waals surface area contributed by atoms with Gasteiger partial charge in [0.05, 0.1) is 5.69 Å². The lowest BCUT2D eigenvalue weighted by Gasteiger charge is -2.22. The molecule has 1 aromatic rings. The van der Waals surface area contributed by atoms with Crippen molar-refractivity contribution in [2.45, 2.75) is 47.0 Å². The first-order valence-electron chi connectivity index (χ1n) is 8.87. The molecule has 0 spiro atoms. The topological polar surface area (TPSA) is 45.5 Å². The normalized spacial score (nSPS) is 18.2. The van der Waals surface area contributed by atoms with Gasteiger partial charge in [0.25, 0.3) is 0 Å². The molecule has 0 saturated carbocycles. The van der Waals surface area contributed by atoms with Crippen LogP contribution in [0.1, 0.15) is 43.6 Å². The van der Waals surface area contributed by atoms with Crippen molar-refractivity contribution in [2.75, 3.05) is 26.7 Å². The van der Waals surface area contributed by atoms with Crippen LogP contribution in [-0.2, 0) is 13.5 Å². The third-order valence-electron chi connectivity index (χ3n) is 4.92. The summed E-state index contributed by atoms with van der Waals surface area (Å²) in [5, 5.41) is 8.03. The molecule has 1 unspecified atom stereocenters. The van der Waals surface area contributed by atoms with Gasteiger partial charge in [-0.25, -0.2) is 0 Å². The zero-order valence-electron chi connectivity index (χ0n) is 16.1. The quantitative estimate of drug-likeness (QED) is 0.429. The Balaban J connectivity index is 0.00000288. The molecule has 1 fully saturated rings. The largest absolute Gasteiger partial charge is 0.356 e. The van der Waals surface area contributed by atoms with E-state index >= 15 is 0 Å². The maximum Gasteiger partial charge on any atom is 0.193 e. The summed E-state index contributed by atoms with van der Waals surface area (Å²) in [4.78, 5) is 6.89. The number of nitrogens with one attached hydrogen (secondary N) is 1. The standard InChI is InChI=1S/C18H33N5.HI/c1-13(2)11-16-8-10-23(12-16)18(19-5)20-9-7-17-14(3)21-22(6)15(17)4;/h13,16H,7-12H2,1-6H3,(H,19,20);1H. The molecule has 1 aromatic heterocycles. The van der Waals surface area contributed by atoms with E-state index in [-0.39, 0.29) is 24.0 Å². The van der Waals surface area contributed by atoms with Crippen molar-refractivity contribution in [1.82, 2.24) is 20.0 Å². The second-order valence-corrected chi connectivity index (χ2v) is 7.23. The summed E-state index contributed by atoms with van der Waals surface area (Å²) < 4.78 is 1.97. The van der Waals surface area contributed by atoms with Crippen molar-refractivity contribution in [1.29, 1.82) is 0 Å². The van der Waals surface area contributed by atoms with Crippen molar-refractivity contribution in [3.05, 3.63) is 17.0 Å². The number of rotatable bonds is 5. The molecule has 1 N–H and O–H groups in total. The van der Waals surface area contributed by atoms with E-state index < -0.39 is 0 Å². The summed E-state index contributed by atoms with van der Waals surface area (Å²) in [6.45, 7) is 12.0. The molecule has 2 heterocycles. The third kappa shape index (κ3) is 5.36. The van der Waals surface area contributed by atoms with Crippen LogP contribution in [0.25, 0.3) is 0 Å². The van der Waals surface area contributed by atoms with Crippen LogP contribution in [0.4, 0.5) is 0 Å². The van der Waals surface area contributed by atoms with Crippen molar-refractivity contribution < 1.29 is 0 Å². The summed E-state index contributed by atoms with van der Waals surface area (Å²) in [6, 6.07) is 0. The molecule has 1 saturated heterocycles. The molecule has 0 amide bonds. The summed E-state index contributed by atoms with van der Waals surface area (Å²) in [7, 11) is 3.90. The Labute approximate surface area is 164 Å². The van der Waals surface area contributed by atoms with Gasteiger partial charge in [-0.3, -0.25) is 9.67 Å². The fourth-order valence-corrected chi connectivity index (χ4v) is 3.69. The fourth-order valence-electron chi connectivity index (χ4n) is 3.69. The minimum absolute atomic E-state index is 0. The van der Waals surface area contributed by atoms with Crippen molar-refractivity contribution in [3.63, 3.8) is 0 Å². The molecular formula is C18H34IN5. The van der Waals surface area contributed by atoms with E-state index in [1.54, 1.807) is 0 Å². The first-order chi connectivity index (χ1) is 10.9. The van der Waals surface area contributed by atoms with Crippen molar-refractivity contribution in [2.24, 2.45) is 23.9 Å². The molecule has 6 heteroatoms. The van der Waals surface area contributed by atoms with Gasteiger partial charge in [-0.1, -0.05) is 13.8 Å².